The van der Waals surface area contributed by atoms with Gasteiger partial charge in [0.15, 0.2) is 0 Å². The maximum atomic E-state index is 12.5. The SMILES string of the molecule is CC(c1nc2ccccc2c(=O)n1C)N(C)C(=O)CC(C)(C)C. The van der Waals surface area contributed by atoms with Crippen molar-refractivity contribution in [2.75, 3.05) is 7.05 Å². The van der Waals surface area contributed by atoms with Gasteiger partial charge in [-0.05, 0) is 24.5 Å². The number of nitrogens with zero attached hydrogens (tertiary/aromatic N) is 3. The Kier molecular flexibility index (Phi) is 4.59. The van der Waals surface area contributed by atoms with Gasteiger partial charge in [0.2, 0.25) is 5.91 Å². The van der Waals surface area contributed by atoms with Crippen LogP contribution >= 0.6 is 0 Å². The van der Waals surface area contributed by atoms with Crippen molar-refractivity contribution < 1.29 is 4.79 Å². The molecule has 0 aliphatic rings. The summed E-state index contributed by atoms with van der Waals surface area (Å²) in [5.74, 6) is 0.644. The Morgan fingerprint density at radius 1 is 1.30 bits per heavy atom. The van der Waals surface area contributed by atoms with Crippen LogP contribution < -0.4 is 5.56 Å². The fourth-order valence-electron chi connectivity index (χ4n) is 2.58. The van der Waals surface area contributed by atoms with Crippen LogP contribution in [0.1, 0.15) is 46.0 Å². The van der Waals surface area contributed by atoms with Gasteiger partial charge in [0, 0.05) is 20.5 Å². The average Bonchev–Trinajstić information content (AvgIpc) is 2.47. The maximum Gasteiger partial charge on any atom is 0.261 e. The fraction of sp³-hybridized carbons (Fsp3) is 0.500. The molecule has 2 rings (SSSR count). The Labute approximate surface area is 136 Å². The standard InChI is InChI=1S/C18H25N3O2/c1-12(20(5)15(22)11-18(2,3)4)16-19-14-10-8-7-9-13(14)17(23)21(16)6/h7-10,12H,11H2,1-6H3. The lowest BCUT2D eigenvalue weighted by Gasteiger charge is -2.29. The van der Waals surface area contributed by atoms with E-state index in [-0.39, 0.29) is 22.9 Å². The highest BCUT2D eigenvalue weighted by molar-refractivity contribution is 5.78. The molecule has 124 valence electrons. The molecule has 1 atom stereocenters. The van der Waals surface area contributed by atoms with Gasteiger partial charge in [0.25, 0.3) is 5.56 Å². The molecular formula is C18H25N3O2. The maximum absolute atomic E-state index is 12.5. The summed E-state index contributed by atoms with van der Waals surface area (Å²) in [7, 11) is 3.47. The zero-order valence-electron chi connectivity index (χ0n) is 14.8. The monoisotopic (exact) mass is 315 g/mol. The summed E-state index contributed by atoms with van der Waals surface area (Å²) in [6, 6.07) is 7.01. The van der Waals surface area contributed by atoms with Crippen LogP contribution in [0.4, 0.5) is 0 Å². The van der Waals surface area contributed by atoms with Crippen molar-refractivity contribution in [1.82, 2.24) is 14.5 Å². The van der Waals surface area contributed by atoms with Gasteiger partial charge < -0.3 is 4.90 Å². The molecule has 5 heteroatoms. The number of hydrogen-bond acceptors (Lipinski definition) is 3. The minimum Gasteiger partial charge on any atom is -0.336 e. The molecule has 0 saturated heterocycles. The van der Waals surface area contributed by atoms with Crippen LogP contribution in [0.25, 0.3) is 10.9 Å². The van der Waals surface area contributed by atoms with Gasteiger partial charge in [-0.15, -0.1) is 0 Å². The van der Waals surface area contributed by atoms with Crippen LogP contribution in [0.15, 0.2) is 29.1 Å². The molecule has 1 aromatic heterocycles. The van der Waals surface area contributed by atoms with E-state index in [0.29, 0.717) is 23.1 Å². The fourth-order valence-corrected chi connectivity index (χ4v) is 2.58. The first-order chi connectivity index (χ1) is 10.6. The third kappa shape index (κ3) is 3.60. The number of rotatable bonds is 3. The van der Waals surface area contributed by atoms with E-state index in [9.17, 15) is 9.59 Å². The molecule has 0 bridgehead atoms. The Morgan fingerprint density at radius 3 is 2.52 bits per heavy atom. The Bertz CT molecular complexity index is 787. The third-order valence-electron chi connectivity index (χ3n) is 4.05. The third-order valence-corrected chi connectivity index (χ3v) is 4.05. The molecule has 0 radical (unpaired) electrons. The summed E-state index contributed by atoms with van der Waals surface area (Å²) in [6.45, 7) is 8.01. The van der Waals surface area contributed by atoms with Crippen molar-refractivity contribution in [1.29, 1.82) is 0 Å². The van der Waals surface area contributed by atoms with Gasteiger partial charge in [-0.3, -0.25) is 14.2 Å². The van der Waals surface area contributed by atoms with E-state index in [1.165, 1.54) is 4.57 Å². The van der Waals surface area contributed by atoms with Crippen molar-refractivity contribution in [2.45, 2.75) is 40.2 Å². The predicted molar refractivity (Wildman–Crippen MR) is 92.2 cm³/mol. The van der Waals surface area contributed by atoms with Crippen molar-refractivity contribution in [3.05, 3.63) is 40.4 Å². The van der Waals surface area contributed by atoms with Gasteiger partial charge in [0.05, 0.1) is 16.9 Å². The molecule has 5 nitrogen and oxygen atoms in total. The van der Waals surface area contributed by atoms with E-state index < -0.39 is 0 Å². The topological polar surface area (TPSA) is 55.2 Å². The lowest BCUT2D eigenvalue weighted by molar-refractivity contribution is -0.133. The quantitative estimate of drug-likeness (QED) is 0.875. The summed E-state index contributed by atoms with van der Waals surface area (Å²) in [5, 5.41) is 0.592. The lowest BCUT2D eigenvalue weighted by atomic mass is 9.91. The first-order valence-corrected chi connectivity index (χ1v) is 7.83. The molecule has 2 aromatic rings. The predicted octanol–water partition coefficient (Wildman–Crippen LogP) is 2.89. The van der Waals surface area contributed by atoms with E-state index >= 15 is 0 Å². The Hall–Kier alpha value is -2.17. The number of amides is 1. The van der Waals surface area contributed by atoms with Crippen LogP contribution in [0, 0.1) is 5.41 Å². The van der Waals surface area contributed by atoms with E-state index in [1.807, 2.05) is 45.9 Å². The molecule has 0 aliphatic heterocycles. The van der Waals surface area contributed by atoms with E-state index in [1.54, 1.807) is 25.1 Å². The summed E-state index contributed by atoms with van der Waals surface area (Å²) in [4.78, 5) is 31.2. The van der Waals surface area contributed by atoms with Crippen molar-refractivity contribution in [3.8, 4) is 0 Å². The van der Waals surface area contributed by atoms with Gasteiger partial charge in [-0.2, -0.15) is 0 Å². The molecular weight excluding hydrogens is 290 g/mol. The Morgan fingerprint density at radius 2 is 1.91 bits per heavy atom. The average molecular weight is 315 g/mol. The largest absolute Gasteiger partial charge is 0.336 e. The lowest BCUT2D eigenvalue weighted by Crippen LogP contribution is -2.36. The molecule has 0 spiro atoms. The van der Waals surface area contributed by atoms with Gasteiger partial charge in [0.1, 0.15) is 5.82 Å². The molecule has 1 unspecified atom stereocenters. The number of para-hydroxylation sites is 1. The number of carbonyl (C=O) groups excluding carboxylic acids is 1. The first-order valence-electron chi connectivity index (χ1n) is 7.83. The number of fused-ring (bicyclic) bond motifs is 1. The zero-order valence-corrected chi connectivity index (χ0v) is 14.8. The molecule has 0 N–H and O–H groups in total. The number of aromatic nitrogens is 2. The molecule has 1 heterocycles. The summed E-state index contributed by atoms with van der Waals surface area (Å²) >= 11 is 0. The second-order valence-electron chi connectivity index (χ2n) is 7.27. The smallest absolute Gasteiger partial charge is 0.261 e. The van der Waals surface area contributed by atoms with E-state index in [2.05, 4.69) is 4.98 Å². The first kappa shape index (κ1) is 17.2. The molecule has 1 amide bonds. The summed E-state index contributed by atoms with van der Waals surface area (Å²) < 4.78 is 1.54. The van der Waals surface area contributed by atoms with Crippen molar-refractivity contribution >= 4 is 16.8 Å². The normalized spacial score (nSPS) is 13.1. The molecule has 0 saturated carbocycles. The molecule has 0 fully saturated rings. The Balaban J connectivity index is 2.41. The minimum absolute atomic E-state index is 0.0485. The highest BCUT2D eigenvalue weighted by atomic mass is 16.2. The van der Waals surface area contributed by atoms with Crippen molar-refractivity contribution in [3.63, 3.8) is 0 Å². The highest BCUT2D eigenvalue weighted by Crippen LogP contribution is 2.24. The summed E-state index contributed by atoms with van der Waals surface area (Å²) in [5.41, 5.74) is 0.497. The van der Waals surface area contributed by atoms with E-state index in [4.69, 9.17) is 0 Å². The van der Waals surface area contributed by atoms with Gasteiger partial charge >= 0.3 is 0 Å². The summed E-state index contributed by atoms with van der Waals surface area (Å²) in [6.07, 6.45) is 0.454. The zero-order chi connectivity index (χ0) is 17.4. The van der Waals surface area contributed by atoms with E-state index in [0.717, 1.165) is 0 Å². The molecule has 1 aromatic carbocycles. The second kappa shape index (κ2) is 6.14. The van der Waals surface area contributed by atoms with Crippen molar-refractivity contribution in [2.24, 2.45) is 12.5 Å². The van der Waals surface area contributed by atoms with Crippen LogP contribution in [0.2, 0.25) is 0 Å². The van der Waals surface area contributed by atoms with Crippen LogP contribution in [0.5, 0.6) is 0 Å². The van der Waals surface area contributed by atoms with Crippen LogP contribution in [-0.4, -0.2) is 27.4 Å². The minimum atomic E-state index is -0.271. The molecule has 23 heavy (non-hydrogen) atoms. The number of carbonyl (C=O) groups is 1. The van der Waals surface area contributed by atoms with Crippen LogP contribution in [0.3, 0.4) is 0 Å². The van der Waals surface area contributed by atoms with Gasteiger partial charge in [-0.1, -0.05) is 32.9 Å². The number of benzene rings is 1. The second-order valence-corrected chi connectivity index (χ2v) is 7.27. The van der Waals surface area contributed by atoms with Crippen LogP contribution in [-0.2, 0) is 11.8 Å². The highest BCUT2D eigenvalue weighted by Gasteiger charge is 2.25. The molecule has 0 aliphatic carbocycles. The number of hydrogen-bond donors (Lipinski definition) is 0. The van der Waals surface area contributed by atoms with Gasteiger partial charge in [-0.25, -0.2) is 4.98 Å².